The molecule has 16 heavy (non-hydrogen) atoms. The number of benzene rings is 1. The van der Waals surface area contributed by atoms with E-state index in [1.807, 2.05) is 18.2 Å². The number of sulfonamides is 1. The summed E-state index contributed by atoms with van der Waals surface area (Å²) in [4.78, 5) is 4.19. The molecule has 1 heterocycles. The summed E-state index contributed by atoms with van der Waals surface area (Å²) in [6, 6.07) is 5.64. The fourth-order valence-electron chi connectivity index (χ4n) is 1.15. The predicted octanol–water partition coefficient (Wildman–Crippen LogP) is 2.82. The Hall–Kier alpha value is -0.660. The lowest BCUT2D eigenvalue weighted by molar-refractivity contribution is 0.602. The van der Waals surface area contributed by atoms with Gasteiger partial charge in [-0.1, -0.05) is 27.3 Å². The summed E-state index contributed by atoms with van der Waals surface area (Å²) in [5.41, 5.74) is 0.794. The minimum Gasteiger partial charge on any atom is -0.259 e. The third kappa shape index (κ3) is 2.53. The van der Waals surface area contributed by atoms with E-state index in [1.165, 1.54) is 11.3 Å². The smallest absolute Gasteiger partial charge is 0.234 e. The van der Waals surface area contributed by atoms with Crippen molar-refractivity contribution in [1.82, 2.24) is 4.98 Å². The summed E-state index contributed by atoms with van der Waals surface area (Å²) in [5, 5.41) is 0.412. The van der Waals surface area contributed by atoms with Crippen LogP contribution in [-0.4, -0.2) is 19.2 Å². The highest BCUT2D eigenvalue weighted by Crippen LogP contribution is 2.28. The second-order valence-corrected chi connectivity index (χ2v) is 7.09. The molecule has 0 aliphatic carbocycles. The molecule has 0 spiro atoms. The maximum Gasteiger partial charge on any atom is 0.234 e. The van der Waals surface area contributed by atoms with Gasteiger partial charge in [0.1, 0.15) is 0 Å². The van der Waals surface area contributed by atoms with Crippen molar-refractivity contribution in [3.05, 3.63) is 22.7 Å². The van der Waals surface area contributed by atoms with Gasteiger partial charge in [-0.3, -0.25) is 4.72 Å². The molecule has 1 aromatic carbocycles. The highest BCUT2D eigenvalue weighted by molar-refractivity contribution is 9.10. The zero-order valence-electron chi connectivity index (χ0n) is 8.40. The maximum absolute atomic E-state index is 11.4. The average Bonchev–Trinajstić information content (AvgIpc) is 2.58. The number of aromatic nitrogens is 1. The zero-order valence-corrected chi connectivity index (χ0v) is 11.6. The monoisotopic (exact) mass is 320 g/mol. The van der Waals surface area contributed by atoms with Crippen LogP contribution in [0.4, 0.5) is 5.13 Å². The number of rotatable bonds is 3. The number of nitrogens with one attached hydrogen (secondary N) is 1. The number of nitrogens with zero attached hydrogens (tertiary/aromatic N) is 1. The van der Waals surface area contributed by atoms with Gasteiger partial charge in [-0.2, -0.15) is 0 Å². The van der Waals surface area contributed by atoms with Crippen LogP contribution >= 0.6 is 27.3 Å². The molecule has 0 aliphatic rings. The molecule has 2 aromatic rings. The molecule has 0 aliphatic heterocycles. The highest BCUT2D eigenvalue weighted by Gasteiger charge is 2.10. The van der Waals surface area contributed by atoms with Crippen molar-refractivity contribution >= 4 is 52.6 Å². The van der Waals surface area contributed by atoms with Gasteiger partial charge in [0.2, 0.25) is 10.0 Å². The van der Waals surface area contributed by atoms with Crippen LogP contribution in [0.5, 0.6) is 0 Å². The van der Waals surface area contributed by atoms with E-state index in [2.05, 4.69) is 25.6 Å². The molecule has 0 atom stereocenters. The van der Waals surface area contributed by atoms with Crippen LogP contribution in [-0.2, 0) is 10.0 Å². The highest BCUT2D eigenvalue weighted by atomic mass is 79.9. The van der Waals surface area contributed by atoms with Crippen LogP contribution in [0.25, 0.3) is 10.2 Å². The molecule has 0 saturated heterocycles. The Morgan fingerprint density at radius 2 is 2.25 bits per heavy atom. The van der Waals surface area contributed by atoms with E-state index >= 15 is 0 Å². The SMILES string of the molecule is CCS(=O)(=O)Nc1nc2ccc(Br)cc2s1. The minimum atomic E-state index is -3.24. The van der Waals surface area contributed by atoms with Gasteiger partial charge in [-0.05, 0) is 25.1 Å². The summed E-state index contributed by atoms with van der Waals surface area (Å²) in [7, 11) is -3.24. The average molecular weight is 321 g/mol. The molecule has 0 unspecified atom stereocenters. The molecule has 0 bridgehead atoms. The van der Waals surface area contributed by atoms with Crippen LogP contribution in [0.2, 0.25) is 0 Å². The molecule has 86 valence electrons. The number of fused-ring (bicyclic) bond motifs is 1. The molecule has 0 saturated carbocycles. The van der Waals surface area contributed by atoms with Crippen LogP contribution in [0, 0.1) is 0 Å². The van der Waals surface area contributed by atoms with E-state index in [9.17, 15) is 8.42 Å². The maximum atomic E-state index is 11.4. The fraction of sp³-hybridized carbons (Fsp3) is 0.222. The quantitative estimate of drug-likeness (QED) is 0.946. The predicted molar refractivity (Wildman–Crippen MR) is 70.4 cm³/mol. The number of hydrogen-bond acceptors (Lipinski definition) is 4. The van der Waals surface area contributed by atoms with Gasteiger partial charge in [-0.25, -0.2) is 13.4 Å². The lowest BCUT2D eigenvalue weighted by Crippen LogP contribution is -2.14. The molecular formula is C9H9BrN2O2S2. The number of thiazole rings is 1. The summed E-state index contributed by atoms with van der Waals surface area (Å²) >= 11 is 4.68. The zero-order chi connectivity index (χ0) is 11.8. The van der Waals surface area contributed by atoms with E-state index in [-0.39, 0.29) is 5.75 Å². The van der Waals surface area contributed by atoms with Gasteiger partial charge in [0.05, 0.1) is 16.0 Å². The van der Waals surface area contributed by atoms with Crippen molar-refractivity contribution in [2.75, 3.05) is 10.5 Å². The molecule has 1 aromatic heterocycles. The van der Waals surface area contributed by atoms with E-state index in [0.29, 0.717) is 5.13 Å². The minimum absolute atomic E-state index is 0.0482. The van der Waals surface area contributed by atoms with Gasteiger partial charge >= 0.3 is 0 Å². The van der Waals surface area contributed by atoms with Gasteiger partial charge in [-0.15, -0.1) is 0 Å². The van der Waals surface area contributed by atoms with E-state index in [0.717, 1.165) is 14.7 Å². The van der Waals surface area contributed by atoms with Crippen LogP contribution < -0.4 is 4.72 Å². The third-order valence-corrected chi connectivity index (χ3v) is 4.79. The van der Waals surface area contributed by atoms with E-state index in [1.54, 1.807) is 6.92 Å². The first kappa shape index (κ1) is 11.8. The Labute approximate surface area is 106 Å². The Balaban J connectivity index is 2.40. The first-order valence-corrected chi connectivity index (χ1v) is 7.83. The molecule has 0 amide bonds. The Morgan fingerprint density at radius 1 is 1.50 bits per heavy atom. The molecule has 0 fully saturated rings. The number of halogens is 1. The van der Waals surface area contributed by atoms with Crippen LogP contribution in [0.3, 0.4) is 0 Å². The van der Waals surface area contributed by atoms with Gasteiger partial charge in [0, 0.05) is 4.47 Å². The summed E-state index contributed by atoms with van der Waals surface area (Å²) in [6.07, 6.45) is 0. The normalized spacial score (nSPS) is 11.9. The van der Waals surface area contributed by atoms with Crippen molar-refractivity contribution in [3.63, 3.8) is 0 Å². The Bertz CT molecular complexity index is 621. The second kappa shape index (κ2) is 4.31. The van der Waals surface area contributed by atoms with Crippen molar-refractivity contribution in [2.45, 2.75) is 6.92 Å². The fourth-order valence-corrected chi connectivity index (χ4v) is 3.42. The molecule has 0 radical (unpaired) electrons. The Morgan fingerprint density at radius 3 is 2.94 bits per heavy atom. The van der Waals surface area contributed by atoms with Crippen LogP contribution in [0.15, 0.2) is 22.7 Å². The second-order valence-electron chi connectivity index (χ2n) is 3.14. The molecule has 7 heteroatoms. The van der Waals surface area contributed by atoms with E-state index < -0.39 is 10.0 Å². The number of hydrogen-bond donors (Lipinski definition) is 1. The third-order valence-electron chi connectivity index (χ3n) is 1.97. The van der Waals surface area contributed by atoms with Crippen molar-refractivity contribution < 1.29 is 8.42 Å². The van der Waals surface area contributed by atoms with Gasteiger partial charge in [0.25, 0.3) is 0 Å². The van der Waals surface area contributed by atoms with Crippen LogP contribution in [0.1, 0.15) is 6.92 Å². The lowest BCUT2D eigenvalue weighted by Gasteiger charge is -1.99. The van der Waals surface area contributed by atoms with Crippen molar-refractivity contribution in [2.24, 2.45) is 0 Å². The first-order valence-electron chi connectivity index (χ1n) is 4.57. The van der Waals surface area contributed by atoms with Gasteiger partial charge < -0.3 is 0 Å². The standard InChI is InChI=1S/C9H9BrN2O2S2/c1-2-16(13,14)12-9-11-7-4-3-6(10)5-8(7)15-9/h3-5H,2H2,1H3,(H,11,12). The van der Waals surface area contributed by atoms with Crippen molar-refractivity contribution in [1.29, 1.82) is 0 Å². The molecular weight excluding hydrogens is 312 g/mol. The number of anilines is 1. The molecule has 4 nitrogen and oxygen atoms in total. The largest absolute Gasteiger partial charge is 0.259 e. The topological polar surface area (TPSA) is 59.1 Å². The summed E-state index contributed by atoms with van der Waals surface area (Å²) in [5.74, 6) is 0.0482. The first-order chi connectivity index (χ1) is 7.50. The summed E-state index contributed by atoms with van der Waals surface area (Å²) in [6.45, 7) is 1.59. The van der Waals surface area contributed by atoms with Crippen molar-refractivity contribution in [3.8, 4) is 0 Å². The molecule has 1 N–H and O–H groups in total. The Kier molecular flexibility index (Phi) is 3.18. The molecule has 2 rings (SSSR count). The van der Waals surface area contributed by atoms with Gasteiger partial charge in [0.15, 0.2) is 5.13 Å². The summed E-state index contributed by atoms with van der Waals surface area (Å²) < 4.78 is 27.1. The lowest BCUT2D eigenvalue weighted by atomic mass is 10.3. The van der Waals surface area contributed by atoms with E-state index in [4.69, 9.17) is 0 Å².